The summed E-state index contributed by atoms with van der Waals surface area (Å²) in [5.74, 6) is -0.447. The van der Waals surface area contributed by atoms with Crippen LogP contribution in [0.25, 0.3) is 11.3 Å². The first-order valence-corrected chi connectivity index (χ1v) is 16.6. The highest BCUT2D eigenvalue weighted by molar-refractivity contribution is 5.94. The van der Waals surface area contributed by atoms with Crippen molar-refractivity contribution < 1.29 is 33.7 Å². The van der Waals surface area contributed by atoms with Crippen molar-refractivity contribution in [3.63, 3.8) is 0 Å². The fourth-order valence-electron chi connectivity index (χ4n) is 6.80. The zero-order valence-corrected chi connectivity index (χ0v) is 27.4. The molecule has 11 heteroatoms. The molecular weight excluding hydrogens is 612 g/mol. The first-order chi connectivity index (χ1) is 23.3. The summed E-state index contributed by atoms with van der Waals surface area (Å²) in [5.41, 5.74) is 1.26. The van der Waals surface area contributed by atoms with Gasteiger partial charge >= 0.3 is 18.0 Å². The van der Waals surface area contributed by atoms with Crippen LogP contribution in [0, 0.1) is 11.3 Å². The average molecular weight is 655 g/mol. The molecule has 0 bridgehead atoms. The number of fused-ring (bicyclic) bond motifs is 2. The van der Waals surface area contributed by atoms with E-state index in [1.54, 1.807) is 23.0 Å². The number of hydrogen-bond donors (Lipinski definition) is 1. The summed E-state index contributed by atoms with van der Waals surface area (Å²) >= 11 is 0. The topological polar surface area (TPSA) is 131 Å². The Morgan fingerprint density at radius 2 is 1.79 bits per heavy atom. The van der Waals surface area contributed by atoms with Gasteiger partial charge in [-0.1, -0.05) is 61.0 Å². The number of hydrogen-bond acceptors (Lipinski definition) is 8. The third-order valence-electron chi connectivity index (χ3n) is 9.62. The molecule has 2 amide bonds. The summed E-state index contributed by atoms with van der Waals surface area (Å²) in [4.78, 5) is 53.2. The highest BCUT2D eigenvalue weighted by Gasteiger charge is 2.61. The van der Waals surface area contributed by atoms with Crippen LogP contribution in [0.3, 0.4) is 0 Å². The molecule has 3 heterocycles. The molecule has 4 atom stereocenters. The fourth-order valence-corrected chi connectivity index (χ4v) is 6.80. The van der Waals surface area contributed by atoms with Crippen molar-refractivity contribution in [2.24, 2.45) is 11.3 Å². The number of methoxy groups -OCH3 is 2. The summed E-state index contributed by atoms with van der Waals surface area (Å²) in [6.45, 7) is 1.02. The van der Waals surface area contributed by atoms with E-state index < -0.39 is 23.5 Å². The van der Waals surface area contributed by atoms with Gasteiger partial charge in [0, 0.05) is 37.6 Å². The molecule has 1 saturated carbocycles. The molecule has 11 nitrogen and oxygen atoms in total. The van der Waals surface area contributed by atoms with Crippen molar-refractivity contribution >= 4 is 17.8 Å². The van der Waals surface area contributed by atoms with Crippen molar-refractivity contribution in [3.8, 4) is 28.9 Å². The molecule has 48 heavy (non-hydrogen) atoms. The Morgan fingerprint density at radius 1 is 1.00 bits per heavy atom. The van der Waals surface area contributed by atoms with E-state index in [9.17, 15) is 19.5 Å². The predicted octanol–water partition coefficient (Wildman–Crippen LogP) is 5.79. The molecule has 0 radical (unpaired) electrons. The van der Waals surface area contributed by atoms with Crippen LogP contribution in [0.2, 0.25) is 0 Å². The van der Waals surface area contributed by atoms with Gasteiger partial charge in [0.2, 0.25) is 5.88 Å². The Labute approximate surface area is 280 Å². The monoisotopic (exact) mass is 654 g/mol. The number of carbonyl (C=O) groups excluding carboxylic acids is 2. The Bertz CT molecular complexity index is 1650. The van der Waals surface area contributed by atoms with Gasteiger partial charge in [0.1, 0.15) is 11.9 Å². The van der Waals surface area contributed by atoms with E-state index in [1.807, 2.05) is 66.7 Å². The molecule has 252 valence electrons. The van der Waals surface area contributed by atoms with E-state index in [1.165, 1.54) is 7.11 Å². The Hall–Kier alpha value is -4.93. The van der Waals surface area contributed by atoms with Crippen LogP contribution in [0.15, 0.2) is 72.8 Å². The van der Waals surface area contributed by atoms with Crippen LogP contribution < -0.4 is 14.2 Å². The van der Waals surface area contributed by atoms with Crippen LogP contribution in [-0.2, 0) is 16.1 Å². The number of carbonyl (C=O) groups is 3. The lowest BCUT2D eigenvalue weighted by atomic mass is 9.92. The molecular formula is C37H42N4O7. The Morgan fingerprint density at radius 3 is 2.52 bits per heavy atom. The number of carboxylic acid groups (broad SMARTS) is 1. The van der Waals surface area contributed by atoms with E-state index in [2.05, 4.69) is 9.97 Å². The van der Waals surface area contributed by atoms with E-state index in [0.717, 1.165) is 42.6 Å². The number of rotatable bonds is 8. The molecule has 2 aliphatic heterocycles. The van der Waals surface area contributed by atoms with Gasteiger partial charge in [0.05, 0.1) is 37.9 Å². The summed E-state index contributed by atoms with van der Waals surface area (Å²) in [5, 5.41) is 10.2. The predicted molar refractivity (Wildman–Crippen MR) is 178 cm³/mol. The van der Waals surface area contributed by atoms with Crippen molar-refractivity contribution in [1.29, 1.82) is 0 Å². The molecule has 1 aliphatic carbocycles. The molecule has 2 fully saturated rings. The average Bonchev–Trinajstić information content (AvgIpc) is 3.64. The van der Waals surface area contributed by atoms with Gasteiger partial charge in [-0.2, -0.15) is 9.97 Å². The van der Waals surface area contributed by atoms with Crippen LogP contribution >= 0.6 is 0 Å². The molecule has 2 aromatic carbocycles. The Kier molecular flexibility index (Phi) is 9.93. The molecule has 6 rings (SSSR count). The minimum absolute atomic E-state index is 0.133. The first kappa shape index (κ1) is 33.0. The van der Waals surface area contributed by atoms with E-state index in [-0.39, 0.29) is 49.0 Å². The standard InChI is InChI=1S/C37H42N4O7/c1-46-28-16-14-25(15-17-28)23-40-18-10-5-3-4-9-13-27-21-37(27,34(43)44)22-32(42)31-19-29(24-41(31)36(40)45)48-33-20-30(38-35(39-33)47-2)26-11-7-6-8-12-26/h6-9,11-17,20,27,29,31H,3-5,10,18-19,21-24H2,1-2H3,(H,43,44)/b13-9-/t27-,29-,31+,37-/m1/s1. The normalized spacial score (nSPS) is 25.2. The number of allylic oxidation sites excluding steroid dienone is 2. The molecule has 1 aromatic heterocycles. The maximum atomic E-state index is 14.4. The Balaban J connectivity index is 1.30. The SMILES string of the molecule is COc1ccc(CN2CCCCC/C=C\[C@@H]3C[C@@]3(C(=O)O)CC(=O)[C@@H]3C[C@@H](Oc4cc(-c5ccccc5)nc(OC)n4)CN3C2=O)cc1. The van der Waals surface area contributed by atoms with Crippen molar-refractivity contribution in [1.82, 2.24) is 19.8 Å². The highest BCUT2D eigenvalue weighted by Crippen LogP contribution is 2.57. The van der Waals surface area contributed by atoms with Gasteiger partial charge in [-0.05, 0) is 49.3 Å². The fraction of sp³-hybridized carbons (Fsp3) is 0.432. The number of Topliss-reactive ketones (excluding diaryl/α,β-unsaturated/α-hetero) is 1. The van der Waals surface area contributed by atoms with Crippen molar-refractivity contribution in [2.75, 3.05) is 27.3 Å². The zero-order chi connectivity index (χ0) is 33.7. The summed E-state index contributed by atoms with van der Waals surface area (Å²) in [7, 11) is 3.09. The highest BCUT2D eigenvalue weighted by atomic mass is 16.5. The molecule has 0 unspecified atom stereocenters. The number of ether oxygens (including phenoxy) is 3. The molecule has 1 N–H and O–H groups in total. The lowest BCUT2D eigenvalue weighted by Crippen LogP contribution is -2.48. The summed E-state index contributed by atoms with van der Waals surface area (Å²) in [6.07, 6.45) is 7.41. The summed E-state index contributed by atoms with van der Waals surface area (Å²) in [6, 6.07) is 17.9. The number of ketones is 1. The van der Waals surface area contributed by atoms with Crippen LogP contribution in [0.5, 0.6) is 17.6 Å². The van der Waals surface area contributed by atoms with E-state index >= 15 is 0 Å². The molecule has 0 spiro atoms. The zero-order valence-electron chi connectivity index (χ0n) is 27.4. The number of benzene rings is 2. The van der Waals surface area contributed by atoms with Gasteiger partial charge in [-0.3, -0.25) is 9.59 Å². The third-order valence-corrected chi connectivity index (χ3v) is 9.62. The largest absolute Gasteiger partial charge is 0.497 e. The second-order valence-corrected chi connectivity index (χ2v) is 12.8. The minimum atomic E-state index is -1.14. The van der Waals surface area contributed by atoms with E-state index in [4.69, 9.17) is 14.2 Å². The van der Waals surface area contributed by atoms with Crippen LogP contribution in [0.1, 0.15) is 50.5 Å². The minimum Gasteiger partial charge on any atom is -0.497 e. The van der Waals surface area contributed by atoms with Crippen LogP contribution in [-0.4, -0.2) is 82.1 Å². The van der Waals surface area contributed by atoms with Crippen molar-refractivity contribution in [3.05, 3.63) is 78.4 Å². The lowest BCUT2D eigenvalue weighted by molar-refractivity contribution is -0.146. The summed E-state index contributed by atoms with van der Waals surface area (Å²) < 4.78 is 17.0. The van der Waals surface area contributed by atoms with Gasteiger partial charge in [-0.25, -0.2) is 4.79 Å². The maximum absolute atomic E-state index is 14.4. The quantitative estimate of drug-likeness (QED) is 0.300. The number of carboxylic acids is 1. The first-order valence-electron chi connectivity index (χ1n) is 16.6. The lowest BCUT2D eigenvalue weighted by Gasteiger charge is -2.32. The van der Waals surface area contributed by atoms with Gasteiger partial charge < -0.3 is 29.1 Å². The molecule has 1 saturated heterocycles. The third kappa shape index (κ3) is 7.30. The number of nitrogens with zero attached hydrogens (tertiary/aromatic N) is 4. The number of aromatic nitrogens is 2. The van der Waals surface area contributed by atoms with E-state index in [0.29, 0.717) is 25.2 Å². The smallest absolute Gasteiger partial charge is 0.321 e. The second-order valence-electron chi connectivity index (χ2n) is 12.8. The molecule has 3 aromatic rings. The number of urea groups is 1. The van der Waals surface area contributed by atoms with Crippen LogP contribution in [0.4, 0.5) is 4.79 Å². The second kappa shape index (κ2) is 14.5. The molecule has 3 aliphatic rings. The number of amides is 2. The van der Waals surface area contributed by atoms with Gasteiger partial charge in [0.15, 0.2) is 5.78 Å². The van der Waals surface area contributed by atoms with Gasteiger partial charge in [-0.15, -0.1) is 0 Å². The maximum Gasteiger partial charge on any atom is 0.321 e. The van der Waals surface area contributed by atoms with Gasteiger partial charge in [0.25, 0.3) is 0 Å². The number of aliphatic carboxylic acids is 1. The van der Waals surface area contributed by atoms with Crippen molar-refractivity contribution in [2.45, 2.75) is 63.6 Å².